The first-order valence-corrected chi connectivity index (χ1v) is 9.43. The van der Waals surface area contributed by atoms with Crippen molar-refractivity contribution in [2.24, 2.45) is 5.73 Å². The summed E-state index contributed by atoms with van der Waals surface area (Å²) in [7, 11) is 0. The van der Waals surface area contributed by atoms with Gasteiger partial charge in [0.25, 0.3) is 5.91 Å². The lowest BCUT2D eigenvalue weighted by Crippen LogP contribution is -2.48. The maximum Gasteiger partial charge on any atom is 0.252 e. The van der Waals surface area contributed by atoms with E-state index in [-0.39, 0.29) is 30.3 Å². The Labute approximate surface area is 164 Å². The minimum absolute atomic E-state index is 0. The van der Waals surface area contributed by atoms with Crippen LogP contribution in [0.25, 0.3) is 0 Å². The van der Waals surface area contributed by atoms with Gasteiger partial charge >= 0.3 is 0 Å². The molecular weight excluding hydrogens is 370 g/mol. The monoisotopic (exact) mass is 393 g/mol. The summed E-state index contributed by atoms with van der Waals surface area (Å²) in [4.78, 5) is 26.5. The number of rotatable bonds is 4. The van der Waals surface area contributed by atoms with Crippen molar-refractivity contribution in [1.82, 2.24) is 10.2 Å². The minimum atomic E-state index is -0.627. The molecule has 0 saturated carbocycles. The van der Waals surface area contributed by atoms with E-state index >= 15 is 0 Å². The highest BCUT2D eigenvalue weighted by molar-refractivity contribution is 7.08. The largest absolute Gasteiger partial charge is 0.349 e. The topological polar surface area (TPSA) is 75.4 Å². The first kappa shape index (κ1) is 20.4. The molecule has 140 valence electrons. The van der Waals surface area contributed by atoms with E-state index in [9.17, 15) is 9.59 Å². The molecule has 1 aliphatic heterocycles. The third-order valence-corrected chi connectivity index (χ3v) is 5.31. The Morgan fingerprint density at radius 3 is 2.42 bits per heavy atom. The molecule has 3 N–H and O–H groups in total. The zero-order valence-corrected chi connectivity index (χ0v) is 16.3. The first-order valence-electron chi connectivity index (χ1n) is 8.48. The lowest BCUT2D eigenvalue weighted by molar-refractivity contribution is -0.133. The molecule has 0 radical (unpaired) electrons. The van der Waals surface area contributed by atoms with E-state index in [0.29, 0.717) is 18.7 Å². The van der Waals surface area contributed by atoms with Crippen LogP contribution in [-0.4, -0.2) is 35.8 Å². The summed E-state index contributed by atoms with van der Waals surface area (Å²) in [5, 5.41) is 6.78. The zero-order valence-electron chi connectivity index (χ0n) is 14.7. The Balaban J connectivity index is 0.00000243. The molecule has 0 spiro atoms. The van der Waals surface area contributed by atoms with Crippen molar-refractivity contribution < 1.29 is 9.59 Å². The molecule has 1 aromatic heterocycles. The van der Waals surface area contributed by atoms with Gasteiger partial charge < -0.3 is 16.0 Å². The van der Waals surface area contributed by atoms with Crippen LogP contribution in [0.15, 0.2) is 41.1 Å². The molecule has 1 unspecified atom stereocenters. The maximum absolute atomic E-state index is 12.6. The number of thiophene rings is 1. The Bertz CT molecular complexity index is 726. The lowest BCUT2D eigenvalue weighted by Gasteiger charge is -2.33. The van der Waals surface area contributed by atoms with Crippen molar-refractivity contribution in [3.05, 3.63) is 57.8 Å². The van der Waals surface area contributed by atoms with Crippen LogP contribution in [0.2, 0.25) is 0 Å². The van der Waals surface area contributed by atoms with Crippen LogP contribution in [0.5, 0.6) is 0 Å². The van der Waals surface area contributed by atoms with Gasteiger partial charge in [-0.3, -0.25) is 9.59 Å². The predicted molar refractivity (Wildman–Crippen MR) is 107 cm³/mol. The fourth-order valence-corrected chi connectivity index (χ4v) is 3.66. The Morgan fingerprint density at radius 1 is 1.19 bits per heavy atom. The number of halogens is 1. The molecule has 2 heterocycles. The molecule has 7 heteroatoms. The normalized spacial score (nSPS) is 15.8. The van der Waals surface area contributed by atoms with Gasteiger partial charge in [-0.05, 0) is 36.8 Å². The highest BCUT2D eigenvalue weighted by Gasteiger charge is 2.27. The molecule has 1 fully saturated rings. The van der Waals surface area contributed by atoms with E-state index in [1.807, 2.05) is 48.0 Å². The molecular formula is C19H24ClN3O2S. The third kappa shape index (κ3) is 4.84. The van der Waals surface area contributed by atoms with Crippen LogP contribution < -0.4 is 11.1 Å². The second-order valence-electron chi connectivity index (χ2n) is 6.47. The van der Waals surface area contributed by atoms with Gasteiger partial charge in [-0.1, -0.05) is 29.8 Å². The van der Waals surface area contributed by atoms with Crippen LogP contribution in [0.1, 0.15) is 40.4 Å². The van der Waals surface area contributed by atoms with E-state index in [4.69, 9.17) is 5.73 Å². The van der Waals surface area contributed by atoms with Gasteiger partial charge in [-0.2, -0.15) is 11.3 Å². The van der Waals surface area contributed by atoms with Gasteiger partial charge in [0.05, 0.1) is 0 Å². The molecule has 2 amide bonds. The lowest BCUT2D eigenvalue weighted by atomic mass is 10.0. The summed E-state index contributed by atoms with van der Waals surface area (Å²) >= 11 is 1.51. The SMILES string of the molecule is Cc1ccc(C(N)C(=O)N2CCC(NC(=O)c3ccsc3)CC2)cc1.Cl. The van der Waals surface area contributed by atoms with Crippen molar-refractivity contribution in [1.29, 1.82) is 0 Å². The number of carbonyl (C=O) groups is 2. The number of amides is 2. The number of nitrogens with two attached hydrogens (primary N) is 1. The van der Waals surface area contributed by atoms with Crippen LogP contribution >= 0.6 is 23.7 Å². The van der Waals surface area contributed by atoms with E-state index in [1.165, 1.54) is 11.3 Å². The highest BCUT2D eigenvalue weighted by atomic mass is 35.5. The van der Waals surface area contributed by atoms with Crippen molar-refractivity contribution in [2.75, 3.05) is 13.1 Å². The number of likely N-dealkylation sites (tertiary alicyclic amines) is 1. The molecule has 5 nitrogen and oxygen atoms in total. The van der Waals surface area contributed by atoms with Crippen molar-refractivity contribution >= 4 is 35.6 Å². The molecule has 1 saturated heterocycles. The molecule has 3 rings (SSSR count). The highest BCUT2D eigenvalue weighted by Crippen LogP contribution is 2.18. The molecule has 1 atom stereocenters. The van der Waals surface area contributed by atoms with Crippen molar-refractivity contribution in [3.8, 4) is 0 Å². The molecule has 26 heavy (non-hydrogen) atoms. The summed E-state index contributed by atoms with van der Waals surface area (Å²) < 4.78 is 0. The smallest absolute Gasteiger partial charge is 0.252 e. The van der Waals surface area contributed by atoms with Gasteiger partial charge in [0.1, 0.15) is 6.04 Å². The Hall–Kier alpha value is -1.89. The molecule has 1 aromatic carbocycles. The van der Waals surface area contributed by atoms with Gasteiger partial charge in [0.2, 0.25) is 5.91 Å². The number of hydrogen-bond acceptors (Lipinski definition) is 4. The van der Waals surface area contributed by atoms with Crippen LogP contribution in [0, 0.1) is 6.92 Å². The Kier molecular flexibility index (Phi) is 7.20. The fraction of sp³-hybridized carbons (Fsp3) is 0.368. The molecule has 2 aromatic rings. The Morgan fingerprint density at radius 2 is 1.85 bits per heavy atom. The van der Waals surface area contributed by atoms with E-state index in [0.717, 1.165) is 24.0 Å². The van der Waals surface area contributed by atoms with Crippen molar-refractivity contribution in [3.63, 3.8) is 0 Å². The minimum Gasteiger partial charge on any atom is -0.349 e. The molecule has 0 bridgehead atoms. The number of hydrogen-bond donors (Lipinski definition) is 2. The average molecular weight is 394 g/mol. The van der Waals surface area contributed by atoms with Crippen LogP contribution in [0.3, 0.4) is 0 Å². The number of piperidine rings is 1. The number of nitrogens with one attached hydrogen (secondary N) is 1. The summed E-state index contributed by atoms with van der Waals surface area (Å²) in [6, 6.07) is 9.05. The summed E-state index contributed by atoms with van der Waals surface area (Å²) in [5.41, 5.74) is 8.82. The van der Waals surface area contributed by atoms with E-state index in [1.54, 1.807) is 4.90 Å². The number of aryl methyl sites for hydroxylation is 1. The molecule has 1 aliphatic rings. The zero-order chi connectivity index (χ0) is 17.8. The van der Waals surface area contributed by atoms with E-state index in [2.05, 4.69) is 5.32 Å². The first-order chi connectivity index (χ1) is 12.0. The van der Waals surface area contributed by atoms with Crippen molar-refractivity contribution in [2.45, 2.75) is 31.8 Å². The van der Waals surface area contributed by atoms with Crippen LogP contribution in [0.4, 0.5) is 0 Å². The maximum atomic E-state index is 12.6. The molecule has 0 aliphatic carbocycles. The van der Waals surface area contributed by atoms with Crippen LogP contribution in [-0.2, 0) is 4.79 Å². The second kappa shape index (κ2) is 9.16. The summed E-state index contributed by atoms with van der Waals surface area (Å²) in [5.74, 6) is -0.0890. The predicted octanol–water partition coefficient (Wildman–Crippen LogP) is 2.90. The second-order valence-corrected chi connectivity index (χ2v) is 7.25. The third-order valence-electron chi connectivity index (χ3n) is 4.63. The fourth-order valence-electron chi connectivity index (χ4n) is 3.02. The average Bonchev–Trinajstić information content (AvgIpc) is 3.17. The van der Waals surface area contributed by atoms with Gasteiger partial charge in [0.15, 0.2) is 0 Å². The summed E-state index contributed by atoms with van der Waals surface area (Å²) in [6.45, 7) is 3.24. The van der Waals surface area contributed by atoms with E-state index < -0.39 is 6.04 Å². The number of benzene rings is 1. The number of nitrogens with zero attached hydrogens (tertiary/aromatic N) is 1. The number of carbonyl (C=O) groups excluding carboxylic acids is 2. The quantitative estimate of drug-likeness (QED) is 0.838. The van der Waals surface area contributed by atoms with Gasteiger partial charge in [-0.15, -0.1) is 12.4 Å². The van der Waals surface area contributed by atoms with Gasteiger partial charge in [-0.25, -0.2) is 0 Å². The standard InChI is InChI=1S/C19H23N3O2S.ClH/c1-13-2-4-14(5-3-13)17(20)19(24)22-9-6-16(7-10-22)21-18(23)15-8-11-25-12-15;/h2-5,8,11-12,16-17H,6-7,9-10,20H2,1H3,(H,21,23);1H. The van der Waals surface area contributed by atoms with Gasteiger partial charge in [0, 0.05) is 30.1 Å². The summed E-state index contributed by atoms with van der Waals surface area (Å²) in [6.07, 6.45) is 1.50.